The predicted molar refractivity (Wildman–Crippen MR) is 109 cm³/mol. The molecule has 30 heavy (non-hydrogen) atoms. The molecule has 1 saturated carbocycles. The molecule has 3 amide bonds. The lowest BCUT2D eigenvalue weighted by Crippen LogP contribution is -2.48. The summed E-state index contributed by atoms with van der Waals surface area (Å²) in [4.78, 5) is 32.5. The van der Waals surface area contributed by atoms with Crippen LogP contribution in [0.15, 0.2) is 36.5 Å². The number of aromatic nitrogens is 1. The van der Waals surface area contributed by atoms with E-state index in [2.05, 4.69) is 10.3 Å². The molecule has 0 spiro atoms. The number of urea groups is 1. The van der Waals surface area contributed by atoms with Crippen molar-refractivity contribution in [2.75, 3.05) is 25.5 Å². The molecule has 0 atom stereocenters. The molecule has 1 aromatic heterocycles. The standard InChI is InChI=1S/C22H24F2N4O2/c1-27(17-8-10-28(11-9-17)21(29)14-2-3-14)22(30)26-16-5-7-20(25-13-16)18-12-15(23)4-6-19(18)24/h4-7,12-14,17H,2-3,8-11H2,1H3,(H,26,30). The Morgan fingerprint density at radius 1 is 1.10 bits per heavy atom. The average Bonchev–Trinajstić information content (AvgIpc) is 3.60. The third-order valence-corrected chi connectivity index (χ3v) is 5.79. The Balaban J connectivity index is 1.33. The summed E-state index contributed by atoms with van der Waals surface area (Å²) in [5.41, 5.74) is 0.817. The van der Waals surface area contributed by atoms with E-state index in [0.717, 1.165) is 43.9 Å². The van der Waals surface area contributed by atoms with E-state index in [1.54, 1.807) is 18.0 Å². The van der Waals surface area contributed by atoms with E-state index in [4.69, 9.17) is 0 Å². The van der Waals surface area contributed by atoms with Crippen LogP contribution in [0.4, 0.5) is 19.3 Å². The maximum Gasteiger partial charge on any atom is 0.321 e. The molecule has 1 aliphatic carbocycles. The molecule has 2 aromatic rings. The fourth-order valence-corrected chi connectivity index (χ4v) is 3.76. The first-order chi connectivity index (χ1) is 14.4. The van der Waals surface area contributed by atoms with Crippen molar-refractivity contribution in [3.63, 3.8) is 0 Å². The molecule has 0 unspecified atom stereocenters. The molecule has 0 bridgehead atoms. The van der Waals surface area contributed by atoms with Crippen molar-refractivity contribution in [3.8, 4) is 11.3 Å². The van der Waals surface area contributed by atoms with Gasteiger partial charge in [-0.1, -0.05) is 0 Å². The lowest BCUT2D eigenvalue weighted by atomic mass is 10.0. The summed E-state index contributed by atoms with van der Waals surface area (Å²) >= 11 is 0. The van der Waals surface area contributed by atoms with E-state index >= 15 is 0 Å². The zero-order chi connectivity index (χ0) is 21.3. The predicted octanol–water partition coefficient (Wildman–Crippen LogP) is 3.89. The number of nitrogens with one attached hydrogen (secondary N) is 1. The van der Waals surface area contributed by atoms with Crippen LogP contribution < -0.4 is 5.32 Å². The summed E-state index contributed by atoms with van der Waals surface area (Å²) in [6, 6.07) is 6.13. The Morgan fingerprint density at radius 2 is 1.83 bits per heavy atom. The highest BCUT2D eigenvalue weighted by Gasteiger charge is 2.35. The lowest BCUT2D eigenvalue weighted by Gasteiger charge is -2.36. The van der Waals surface area contributed by atoms with Crippen molar-refractivity contribution >= 4 is 17.6 Å². The summed E-state index contributed by atoms with van der Waals surface area (Å²) in [5, 5.41) is 2.78. The molecule has 2 aliphatic rings. The van der Waals surface area contributed by atoms with Gasteiger partial charge in [-0.05, 0) is 56.0 Å². The van der Waals surface area contributed by atoms with Gasteiger partial charge in [-0.2, -0.15) is 0 Å². The summed E-state index contributed by atoms with van der Waals surface area (Å²) in [5.74, 6) is -0.635. The van der Waals surface area contributed by atoms with E-state index in [1.807, 2.05) is 4.90 Å². The maximum absolute atomic E-state index is 13.9. The summed E-state index contributed by atoms with van der Waals surface area (Å²) in [7, 11) is 1.74. The third kappa shape index (κ3) is 4.42. The number of anilines is 1. The van der Waals surface area contributed by atoms with E-state index in [0.29, 0.717) is 18.8 Å². The molecular formula is C22H24F2N4O2. The minimum Gasteiger partial charge on any atom is -0.342 e. The quantitative estimate of drug-likeness (QED) is 0.826. The van der Waals surface area contributed by atoms with Crippen LogP contribution in [0.25, 0.3) is 11.3 Å². The van der Waals surface area contributed by atoms with Crippen molar-refractivity contribution in [3.05, 3.63) is 48.2 Å². The summed E-state index contributed by atoms with van der Waals surface area (Å²) < 4.78 is 27.3. The van der Waals surface area contributed by atoms with Gasteiger partial charge in [0.25, 0.3) is 0 Å². The molecule has 2 fully saturated rings. The highest BCUT2D eigenvalue weighted by Crippen LogP contribution is 2.32. The molecule has 6 nitrogen and oxygen atoms in total. The van der Waals surface area contributed by atoms with E-state index in [9.17, 15) is 18.4 Å². The smallest absolute Gasteiger partial charge is 0.321 e. The molecule has 1 aliphatic heterocycles. The number of carbonyl (C=O) groups excluding carboxylic acids is 2. The second-order valence-electron chi connectivity index (χ2n) is 7.93. The Labute approximate surface area is 173 Å². The Kier molecular flexibility index (Phi) is 5.65. The first-order valence-corrected chi connectivity index (χ1v) is 10.2. The SMILES string of the molecule is CN(C(=O)Nc1ccc(-c2cc(F)ccc2F)nc1)C1CCN(C(=O)C2CC2)CC1. The summed E-state index contributed by atoms with van der Waals surface area (Å²) in [6.07, 6.45) is 4.92. The topological polar surface area (TPSA) is 65.5 Å². The number of pyridine rings is 1. The van der Waals surface area contributed by atoms with Gasteiger partial charge in [-0.25, -0.2) is 13.6 Å². The van der Waals surface area contributed by atoms with Crippen LogP contribution in [0.5, 0.6) is 0 Å². The minimum absolute atomic E-state index is 0.0573. The van der Waals surface area contributed by atoms with Gasteiger partial charge < -0.3 is 15.1 Å². The Bertz CT molecular complexity index is 939. The first kappa shape index (κ1) is 20.3. The molecule has 1 aromatic carbocycles. The number of likely N-dealkylation sites (tertiary alicyclic amines) is 1. The number of benzene rings is 1. The van der Waals surface area contributed by atoms with Crippen LogP contribution in [0.1, 0.15) is 25.7 Å². The number of halogens is 2. The zero-order valence-electron chi connectivity index (χ0n) is 16.8. The zero-order valence-corrected chi connectivity index (χ0v) is 16.8. The third-order valence-electron chi connectivity index (χ3n) is 5.79. The van der Waals surface area contributed by atoms with Gasteiger partial charge in [0.2, 0.25) is 5.91 Å². The monoisotopic (exact) mass is 414 g/mol. The van der Waals surface area contributed by atoms with Crippen molar-refractivity contribution in [1.29, 1.82) is 0 Å². The Hall–Kier alpha value is -3.03. The van der Waals surface area contributed by atoms with Crippen LogP contribution >= 0.6 is 0 Å². The molecule has 0 radical (unpaired) electrons. The van der Waals surface area contributed by atoms with Gasteiger partial charge in [-0.15, -0.1) is 0 Å². The number of nitrogens with zero attached hydrogens (tertiary/aromatic N) is 3. The Morgan fingerprint density at radius 3 is 2.47 bits per heavy atom. The second-order valence-corrected chi connectivity index (χ2v) is 7.93. The molecule has 2 heterocycles. The average molecular weight is 414 g/mol. The fourth-order valence-electron chi connectivity index (χ4n) is 3.76. The van der Waals surface area contributed by atoms with Gasteiger partial charge in [0.05, 0.1) is 17.6 Å². The maximum atomic E-state index is 13.9. The van der Waals surface area contributed by atoms with Crippen molar-refractivity contribution in [2.45, 2.75) is 31.7 Å². The van der Waals surface area contributed by atoms with Gasteiger partial charge in [0, 0.05) is 37.7 Å². The van der Waals surface area contributed by atoms with Crippen LogP contribution in [0.2, 0.25) is 0 Å². The second kappa shape index (κ2) is 8.38. The fraction of sp³-hybridized carbons (Fsp3) is 0.409. The minimum atomic E-state index is -0.563. The molecular weight excluding hydrogens is 390 g/mol. The van der Waals surface area contributed by atoms with Gasteiger partial charge in [0.1, 0.15) is 11.6 Å². The van der Waals surface area contributed by atoms with E-state index < -0.39 is 11.6 Å². The highest BCUT2D eigenvalue weighted by molar-refractivity contribution is 5.89. The van der Waals surface area contributed by atoms with Crippen LogP contribution in [-0.2, 0) is 4.79 Å². The number of amides is 3. The molecule has 8 heteroatoms. The number of hydrogen-bond acceptors (Lipinski definition) is 3. The van der Waals surface area contributed by atoms with Crippen LogP contribution in [0, 0.1) is 17.6 Å². The number of rotatable bonds is 4. The van der Waals surface area contributed by atoms with Crippen LogP contribution in [0.3, 0.4) is 0 Å². The van der Waals surface area contributed by atoms with E-state index in [1.165, 1.54) is 12.3 Å². The van der Waals surface area contributed by atoms with E-state index in [-0.39, 0.29) is 35.2 Å². The van der Waals surface area contributed by atoms with Crippen molar-refractivity contribution in [1.82, 2.24) is 14.8 Å². The number of piperidine rings is 1. The normalized spacial score (nSPS) is 17.0. The lowest BCUT2D eigenvalue weighted by molar-refractivity contribution is -0.133. The summed E-state index contributed by atoms with van der Waals surface area (Å²) in [6.45, 7) is 1.35. The molecule has 1 N–H and O–H groups in total. The molecule has 1 saturated heterocycles. The van der Waals surface area contributed by atoms with Crippen molar-refractivity contribution in [2.24, 2.45) is 5.92 Å². The molecule has 4 rings (SSSR count). The largest absolute Gasteiger partial charge is 0.342 e. The van der Waals surface area contributed by atoms with Gasteiger partial charge in [-0.3, -0.25) is 9.78 Å². The first-order valence-electron chi connectivity index (χ1n) is 10.2. The van der Waals surface area contributed by atoms with Crippen LogP contribution in [-0.4, -0.2) is 52.9 Å². The number of hydrogen-bond donors (Lipinski definition) is 1. The highest BCUT2D eigenvalue weighted by atomic mass is 19.1. The van der Waals surface area contributed by atoms with Crippen molar-refractivity contribution < 1.29 is 18.4 Å². The number of carbonyl (C=O) groups is 2. The van der Waals surface area contributed by atoms with Gasteiger partial charge >= 0.3 is 6.03 Å². The molecule has 158 valence electrons. The van der Waals surface area contributed by atoms with Gasteiger partial charge in [0.15, 0.2) is 0 Å².